The van der Waals surface area contributed by atoms with E-state index >= 15 is 0 Å². The number of ether oxygens (including phenoxy) is 1. The van der Waals surface area contributed by atoms with Gasteiger partial charge in [-0.1, -0.05) is 12.1 Å². The topological polar surface area (TPSA) is 65.4 Å². The Balaban J connectivity index is 2.06. The number of carbonyl (C=O) groups excluding carboxylic acids is 1. The predicted octanol–water partition coefficient (Wildman–Crippen LogP) is 0.505. The smallest absolute Gasteiger partial charge is 0.239 e. The molecule has 1 aromatic rings. The molecule has 1 amide bonds. The molecule has 1 aliphatic heterocycles. The third kappa shape index (κ3) is 3.31. The highest BCUT2D eigenvalue weighted by atomic mass is 16.5. The van der Waals surface area contributed by atoms with Gasteiger partial charge in [0.25, 0.3) is 0 Å². The van der Waals surface area contributed by atoms with Crippen LogP contribution in [0.15, 0.2) is 24.3 Å². The quantitative estimate of drug-likeness (QED) is 0.858. The minimum atomic E-state index is -0.241. The van der Waals surface area contributed by atoms with Crippen molar-refractivity contribution in [3.8, 4) is 6.07 Å². The largest absolute Gasteiger partial charge is 0.378 e. The van der Waals surface area contributed by atoms with Crippen LogP contribution in [0.4, 0.5) is 0 Å². The van der Waals surface area contributed by atoms with E-state index in [2.05, 4.69) is 16.3 Å². The molecule has 0 spiro atoms. The normalized spacial score (nSPS) is 19.7. The Morgan fingerprint density at radius 3 is 2.89 bits per heavy atom. The number of rotatable bonds is 3. The van der Waals surface area contributed by atoms with Crippen LogP contribution < -0.4 is 5.32 Å². The number of hydrogen-bond acceptors (Lipinski definition) is 4. The molecule has 1 fully saturated rings. The summed E-state index contributed by atoms with van der Waals surface area (Å²) in [4.78, 5) is 13.9. The molecule has 1 saturated heterocycles. The molecule has 5 heteroatoms. The summed E-state index contributed by atoms with van der Waals surface area (Å²) < 4.78 is 5.36. The highest BCUT2D eigenvalue weighted by Gasteiger charge is 2.28. The van der Waals surface area contributed by atoms with Crippen LogP contribution in [0.2, 0.25) is 0 Å². The Morgan fingerprint density at radius 2 is 2.26 bits per heavy atom. The van der Waals surface area contributed by atoms with Crippen molar-refractivity contribution in [1.29, 1.82) is 5.26 Å². The molecule has 1 unspecified atom stereocenters. The molecule has 0 aromatic heterocycles. The maximum atomic E-state index is 11.8. The average molecular weight is 259 g/mol. The van der Waals surface area contributed by atoms with Gasteiger partial charge in [0.05, 0.1) is 24.8 Å². The third-order valence-electron chi connectivity index (χ3n) is 3.26. The molecule has 100 valence electrons. The lowest BCUT2D eigenvalue weighted by Gasteiger charge is -2.34. The number of amides is 1. The third-order valence-corrected chi connectivity index (χ3v) is 3.26. The number of hydrogen-bond donors (Lipinski definition) is 1. The Bertz CT molecular complexity index is 478. The van der Waals surface area contributed by atoms with Crippen LogP contribution in [-0.2, 0) is 16.1 Å². The summed E-state index contributed by atoms with van der Waals surface area (Å²) in [5, 5.41) is 11.4. The fourth-order valence-electron chi connectivity index (χ4n) is 2.15. The van der Waals surface area contributed by atoms with E-state index in [1.807, 2.05) is 12.1 Å². The highest BCUT2D eigenvalue weighted by Crippen LogP contribution is 2.13. The first-order chi connectivity index (χ1) is 9.24. The van der Waals surface area contributed by atoms with E-state index < -0.39 is 0 Å². The van der Waals surface area contributed by atoms with Gasteiger partial charge in [-0.2, -0.15) is 5.26 Å². The number of carbonyl (C=O) groups is 1. The zero-order chi connectivity index (χ0) is 13.7. The highest BCUT2D eigenvalue weighted by molar-refractivity contribution is 5.81. The standard InChI is InChI=1S/C14H17N3O2/c1-16-14(18)13-10-19-7-6-17(13)9-12-4-2-11(8-15)3-5-12/h2-5,13H,6-7,9-10H2,1H3,(H,16,18). The van der Waals surface area contributed by atoms with Crippen LogP contribution in [0.25, 0.3) is 0 Å². The summed E-state index contributed by atoms with van der Waals surface area (Å²) >= 11 is 0. The minimum Gasteiger partial charge on any atom is -0.378 e. The van der Waals surface area contributed by atoms with Gasteiger partial charge in [-0.15, -0.1) is 0 Å². The van der Waals surface area contributed by atoms with Crippen LogP contribution in [0.3, 0.4) is 0 Å². The van der Waals surface area contributed by atoms with Crippen LogP contribution in [0, 0.1) is 11.3 Å². The molecular formula is C14H17N3O2. The summed E-state index contributed by atoms with van der Waals surface area (Å²) in [6.45, 7) is 2.49. The fraction of sp³-hybridized carbons (Fsp3) is 0.429. The van der Waals surface area contributed by atoms with E-state index in [-0.39, 0.29) is 11.9 Å². The molecule has 0 radical (unpaired) electrons. The van der Waals surface area contributed by atoms with Gasteiger partial charge in [0.1, 0.15) is 6.04 Å². The SMILES string of the molecule is CNC(=O)C1COCCN1Cc1ccc(C#N)cc1. The molecule has 0 saturated carbocycles. The number of likely N-dealkylation sites (N-methyl/N-ethyl adjacent to an activating group) is 1. The number of morpholine rings is 1. The van der Waals surface area contributed by atoms with Gasteiger partial charge in [0, 0.05) is 20.1 Å². The second-order valence-corrected chi connectivity index (χ2v) is 4.48. The lowest BCUT2D eigenvalue weighted by molar-refractivity contribution is -0.132. The zero-order valence-electron chi connectivity index (χ0n) is 10.9. The lowest BCUT2D eigenvalue weighted by atomic mass is 10.1. The lowest BCUT2D eigenvalue weighted by Crippen LogP contribution is -2.52. The molecule has 0 bridgehead atoms. The Labute approximate surface area is 112 Å². The second-order valence-electron chi connectivity index (χ2n) is 4.48. The monoisotopic (exact) mass is 259 g/mol. The second kappa shape index (κ2) is 6.32. The van der Waals surface area contributed by atoms with E-state index in [1.165, 1.54) is 0 Å². The molecule has 1 N–H and O–H groups in total. The maximum Gasteiger partial charge on any atom is 0.239 e. The molecule has 5 nitrogen and oxygen atoms in total. The molecule has 19 heavy (non-hydrogen) atoms. The van der Waals surface area contributed by atoms with Gasteiger partial charge in [0.2, 0.25) is 5.91 Å². The Hall–Kier alpha value is -1.90. The van der Waals surface area contributed by atoms with E-state index in [0.717, 1.165) is 12.1 Å². The Morgan fingerprint density at radius 1 is 1.53 bits per heavy atom. The van der Waals surface area contributed by atoms with Crippen molar-refractivity contribution in [3.63, 3.8) is 0 Å². The molecule has 0 aliphatic carbocycles. The van der Waals surface area contributed by atoms with Gasteiger partial charge in [0.15, 0.2) is 0 Å². The first-order valence-corrected chi connectivity index (χ1v) is 6.27. The fourth-order valence-corrected chi connectivity index (χ4v) is 2.15. The first kappa shape index (κ1) is 13.5. The van der Waals surface area contributed by atoms with Crippen molar-refractivity contribution in [2.45, 2.75) is 12.6 Å². The van der Waals surface area contributed by atoms with Crippen molar-refractivity contribution in [3.05, 3.63) is 35.4 Å². The van der Waals surface area contributed by atoms with Crippen LogP contribution in [0.1, 0.15) is 11.1 Å². The Kier molecular flexibility index (Phi) is 4.50. The molecule has 2 rings (SSSR count). The number of nitriles is 1. The minimum absolute atomic E-state index is 0.0201. The van der Waals surface area contributed by atoms with E-state index in [1.54, 1.807) is 19.2 Å². The first-order valence-electron chi connectivity index (χ1n) is 6.27. The van der Waals surface area contributed by atoms with Gasteiger partial charge in [-0.05, 0) is 17.7 Å². The van der Waals surface area contributed by atoms with E-state index in [9.17, 15) is 4.79 Å². The number of nitrogens with one attached hydrogen (secondary N) is 1. The van der Waals surface area contributed by atoms with Gasteiger partial charge < -0.3 is 10.1 Å². The van der Waals surface area contributed by atoms with E-state index in [0.29, 0.717) is 25.3 Å². The average Bonchev–Trinajstić information content (AvgIpc) is 2.48. The summed E-state index contributed by atoms with van der Waals surface area (Å²) in [6, 6.07) is 9.30. The molecule has 1 atom stereocenters. The van der Waals surface area contributed by atoms with Crippen molar-refractivity contribution >= 4 is 5.91 Å². The van der Waals surface area contributed by atoms with Gasteiger partial charge in [-0.3, -0.25) is 9.69 Å². The van der Waals surface area contributed by atoms with Gasteiger partial charge in [-0.25, -0.2) is 0 Å². The van der Waals surface area contributed by atoms with Gasteiger partial charge >= 0.3 is 0 Å². The van der Waals surface area contributed by atoms with Crippen LogP contribution >= 0.6 is 0 Å². The molecule has 1 aromatic carbocycles. The maximum absolute atomic E-state index is 11.8. The van der Waals surface area contributed by atoms with Crippen LogP contribution in [-0.4, -0.2) is 43.7 Å². The van der Waals surface area contributed by atoms with Crippen molar-refractivity contribution in [2.24, 2.45) is 0 Å². The van der Waals surface area contributed by atoms with Crippen molar-refractivity contribution in [1.82, 2.24) is 10.2 Å². The molecular weight excluding hydrogens is 242 g/mol. The number of nitrogens with zero attached hydrogens (tertiary/aromatic N) is 2. The predicted molar refractivity (Wildman–Crippen MR) is 70.2 cm³/mol. The molecule has 1 aliphatic rings. The summed E-state index contributed by atoms with van der Waals surface area (Å²) in [5.41, 5.74) is 1.74. The number of benzene rings is 1. The summed E-state index contributed by atoms with van der Waals surface area (Å²) in [6.07, 6.45) is 0. The van der Waals surface area contributed by atoms with Crippen molar-refractivity contribution in [2.75, 3.05) is 26.8 Å². The van der Waals surface area contributed by atoms with Crippen LogP contribution in [0.5, 0.6) is 0 Å². The van der Waals surface area contributed by atoms with E-state index in [4.69, 9.17) is 10.00 Å². The summed E-state index contributed by atoms with van der Waals surface area (Å²) in [7, 11) is 1.64. The molecule has 1 heterocycles. The summed E-state index contributed by atoms with van der Waals surface area (Å²) in [5.74, 6) is -0.0201. The van der Waals surface area contributed by atoms with Crippen molar-refractivity contribution < 1.29 is 9.53 Å². The zero-order valence-corrected chi connectivity index (χ0v) is 10.9.